The SMILES string of the molecule is CC/C=C\C/C=C\C/C=C\C/C=C\CCCCCCCCCCCCC(=O)OC(COC(=O)CCCCCCC/C=C\CCC)COC(=O)CCCCCCCCCCCCCCC/C=C\CCCCCCCCCC. The first-order valence-electron chi connectivity index (χ1n) is 32.9. The third kappa shape index (κ3) is 61.7. The second kappa shape index (κ2) is 64.4. The smallest absolute Gasteiger partial charge is 0.306 e. The number of hydrogen-bond donors (Lipinski definition) is 0. The summed E-state index contributed by atoms with van der Waals surface area (Å²) in [5.74, 6) is -0.879. The second-order valence-electron chi connectivity index (χ2n) is 22.0. The van der Waals surface area contributed by atoms with Gasteiger partial charge in [0.05, 0.1) is 0 Å². The highest BCUT2D eigenvalue weighted by Crippen LogP contribution is 2.17. The second-order valence-corrected chi connectivity index (χ2v) is 22.0. The topological polar surface area (TPSA) is 78.9 Å². The average Bonchev–Trinajstić information content (AvgIpc) is 3.42. The minimum Gasteiger partial charge on any atom is -0.462 e. The van der Waals surface area contributed by atoms with Gasteiger partial charge in [-0.1, -0.05) is 286 Å². The maximum Gasteiger partial charge on any atom is 0.306 e. The first kappa shape index (κ1) is 72.8. The highest BCUT2D eigenvalue weighted by atomic mass is 16.6. The molecule has 0 aliphatic rings. The molecule has 0 aromatic heterocycles. The molecule has 0 rings (SSSR count). The standard InChI is InChI=1S/C70H124O6/c1-4-7-10-13-16-19-22-24-26-28-30-32-34-35-37-38-40-42-44-46-48-51-54-57-60-63-69(72)75-66-67(65-74-68(71)62-59-56-53-50-21-18-15-12-9-6-3)76-70(73)64-61-58-55-52-49-47-45-43-41-39-36-33-31-29-27-25-23-20-17-14-11-8-5-2/h8,11-12,15,17,20,25,27-28,30-31,33,67H,4-7,9-10,13-14,16,18-19,21-24,26,29,32,34-66H2,1-3H3/b11-8-,15-12-,20-17-,27-25-,30-28-,33-31-. The number of ether oxygens (including phenoxy) is 3. The van der Waals surface area contributed by atoms with Gasteiger partial charge in [-0.25, -0.2) is 0 Å². The molecule has 0 bridgehead atoms. The van der Waals surface area contributed by atoms with Gasteiger partial charge in [0.2, 0.25) is 0 Å². The van der Waals surface area contributed by atoms with E-state index in [1.807, 2.05) is 0 Å². The predicted molar refractivity (Wildman–Crippen MR) is 330 cm³/mol. The number of hydrogen-bond acceptors (Lipinski definition) is 6. The minimum absolute atomic E-state index is 0.0776. The molecule has 0 aliphatic carbocycles. The molecular formula is C70H124O6. The largest absolute Gasteiger partial charge is 0.462 e. The van der Waals surface area contributed by atoms with Crippen molar-refractivity contribution in [2.45, 2.75) is 341 Å². The minimum atomic E-state index is -0.781. The zero-order valence-electron chi connectivity index (χ0n) is 50.5. The van der Waals surface area contributed by atoms with Gasteiger partial charge in [0, 0.05) is 19.3 Å². The van der Waals surface area contributed by atoms with Gasteiger partial charge in [0.1, 0.15) is 13.2 Å². The van der Waals surface area contributed by atoms with Gasteiger partial charge in [0.25, 0.3) is 0 Å². The van der Waals surface area contributed by atoms with Crippen LogP contribution in [-0.2, 0) is 28.6 Å². The van der Waals surface area contributed by atoms with E-state index in [1.165, 1.54) is 199 Å². The Balaban J connectivity index is 4.21. The fourth-order valence-corrected chi connectivity index (χ4v) is 9.49. The van der Waals surface area contributed by atoms with E-state index in [-0.39, 0.29) is 31.1 Å². The van der Waals surface area contributed by atoms with Crippen molar-refractivity contribution in [3.8, 4) is 0 Å². The summed E-state index contributed by atoms with van der Waals surface area (Å²) in [6, 6.07) is 0. The Labute approximate surface area is 472 Å². The summed E-state index contributed by atoms with van der Waals surface area (Å²) in [5, 5.41) is 0. The molecule has 0 radical (unpaired) electrons. The highest BCUT2D eigenvalue weighted by molar-refractivity contribution is 5.71. The molecule has 6 nitrogen and oxygen atoms in total. The van der Waals surface area contributed by atoms with Gasteiger partial charge < -0.3 is 14.2 Å². The van der Waals surface area contributed by atoms with Gasteiger partial charge in [-0.15, -0.1) is 0 Å². The van der Waals surface area contributed by atoms with Crippen LogP contribution in [0.25, 0.3) is 0 Å². The Morgan fingerprint density at radius 2 is 0.539 bits per heavy atom. The van der Waals surface area contributed by atoms with Gasteiger partial charge in [-0.2, -0.15) is 0 Å². The normalized spacial score (nSPS) is 12.5. The molecular weight excluding hydrogens is 937 g/mol. The molecule has 0 amide bonds. The summed E-state index contributed by atoms with van der Waals surface area (Å²) in [4.78, 5) is 38.3. The lowest BCUT2D eigenvalue weighted by Gasteiger charge is -2.18. The number of unbranched alkanes of at least 4 members (excludes halogenated alkanes) is 37. The highest BCUT2D eigenvalue weighted by Gasteiger charge is 2.19. The molecule has 0 saturated heterocycles. The van der Waals surface area contributed by atoms with Gasteiger partial charge in [-0.3, -0.25) is 14.4 Å². The maximum absolute atomic E-state index is 12.9. The molecule has 1 unspecified atom stereocenters. The van der Waals surface area contributed by atoms with Crippen molar-refractivity contribution in [3.05, 3.63) is 72.9 Å². The van der Waals surface area contributed by atoms with Crippen LogP contribution in [0.3, 0.4) is 0 Å². The Morgan fingerprint density at radius 3 is 0.868 bits per heavy atom. The Bertz CT molecular complexity index is 1400. The van der Waals surface area contributed by atoms with Crippen molar-refractivity contribution >= 4 is 17.9 Å². The van der Waals surface area contributed by atoms with Crippen LogP contribution < -0.4 is 0 Å². The van der Waals surface area contributed by atoms with E-state index in [0.717, 1.165) is 96.3 Å². The van der Waals surface area contributed by atoms with Crippen LogP contribution in [0.2, 0.25) is 0 Å². The number of carbonyl (C=O) groups excluding carboxylic acids is 3. The van der Waals surface area contributed by atoms with Crippen molar-refractivity contribution in [2.75, 3.05) is 13.2 Å². The maximum atomic E-state index is 12.9. The van der Waals surface area contributed by atoms with Gasteiger partial charge in [-0.05, 0) is 103 Å². The monoisotopic (exact) mass is 1060 g/mol. The molecule has 0 aromatic rings. The van der Waals surface area contributed by atoms with Crippen molar-refractivity contribution in [3.63, 3.8) is 0 Å². The summed E-state index contributed by atoms with van der Waals surface area (Å²) in [6.45, 7) is 6.49. The van der Waals surface area contributed by atoms with Gasteiger partial charge in [0.15, 0.2) is 6.10 Å². The summed E-state index contributed by atoms with van der Waals surface area (Å²) in [7, 11) is 0. The molecule has 0 heterocycles. The zero-order chi connectivity index (χ0) is 55.0. The summed E-state index contributed by atoms with van der Waals surface area (Å²) in [6.07, 6.45) is 83.6. The molecule has 6 heteroatoms. The van der Waals surface area contributed by atoms with Crippen LogP contribution >= 0.6 is 0 Å². The Morgan fingerprint density at radius 1 is 0.276 bits per heavy atom. The van der Waals surface area contributed by atoms with Crippen molar-refractivity contribution < 1.29 is 28.6 Å². The fraction of sp³-hybridized carbons (Fsp3) is 0.786. The van der Waals surface area contributed by atoms with E-state index < -0.39 is 6.10 Å². The van der Waals surface area contributed by atoms with E-state index in [0.29, 0.717) is 19.3 Å². The predicted octanol–water partition coefficient (Wildman–Crippen LogP) is 22.5. The Kier molecular flexibility index (Phi) is 61.7. The quantitative estimate of drug-likeness (QED) is 0.0261. The van der Waals surface area contributed by atoms with Gasteiger partial charge >= 0.3 is 17.9 Å². The third-order valence-electron chi connectivity index (χ3n) is 14.4. The molecule has 0 saturated carbocycles. The number of allylic oxidation sites excluding steroid dienone is 12. The van der Waals surface area contributed by atoms with E-state index >= 15 is 0 Å². The first-order valence-corrected chi connectivity index (χ1v) is 32.9. The molecule has 0 spiro atoms. The average molecular weight is 1060 g/mol. The van der Waals surface area contributed by atoms with Crippen LogP contribution in [0.1, 0.15) is 335 Å². The molecule has 0 aromatic carbocycles. The van der Waals surface area contributed by atoms with Crippen LogP contribution in [0.15, 0.2) is 72.9 Å². The van der Waals surface area contributed by atoms with Crippen molar-refractivity contribution in [2.24, 2.45) is 0 Å². The molecule has 0 fully saturated rings. The Hall–Kier alpha value is -3.15. The van der Waals surface area contributed by atoms with E-state index in [4.69, 9.17) is 14.2 Å². The lowest BCUT2D eigenvalue weighted by Crippen LogP contribution is -2.30. The van der Waals surface area contributed by atoms with E-state index in [2.05, 4.69) is 93.7 Å². The summed E-state index contributed by atoms with van der Waals surface area (Å²) < 4.78 is 16.9. The number of esters is 3. The van der Waals surface area contributed by atoms with Crippen LogP contribution in [0, 0.1) is 0 Å². The lowest BCUT2D eigenvalue weighted by atomic mass is 10.0. The molecule has 0 aliphatic heterocycles. The fourth-order valence-electron chi connectivity index (χ4n) is 9.49. The number of rotatable bonds is 60. The van der Waals surface area contributed by atoms with Crippen molar-refractivity contribution in [1.82, 2.24) is 0 Å². The number of carbonyl (C=O) groups is 3. The van der Waals surface area contributed by atoms with Crippen LogP contribution in [0.5, 0.6) is 0 Å². The zero-order valence-corrected chi connectivity index (χ0v) is 50.5. The summed E-state index contributed by atoms with van der Waals surface area (Å²) in [5.41, 5.74) is 0. The summed E-state index contributed by atoms with van der Waals surface area (Å²) >= 11 is 0. The first-order chi connectivity index (χ1) is 37.5. The lowest BCUT2D eigenvalue weighted by molar-refractivity contribution is -0.167. The van der Waals surface area contributed by atoms with Crippen molar-refractivity contribution in [1.29, 1.82) is 0 Å². The van der Waals surface area contributed by atoms with E-state index in [1.54, 1.807) is 0 Å². The van der Waals surface area contributed by atoms with Crippen LogP contribution in [0.4, 0.5) is 0 Å². The third-order valence-corrected chi connectivity index (χ3v) is 14.4. The molecule has 440 valence electrons. The molecule has 76 heavy (non-hydrogen) atoms. The molecule has 0 N–H and O–H groups in total. The molecule has 1 atom stereocenters. The van der Waals surface area contributed by atoms with E-state index in [9.17, 15) is 14.4 Å². The van der Waals surface area contributed by atoms with Crippen LogP contribution in [-0.4, -0.2) is 37.2 Å².